The number of carbonyl (C=O) groups excluding carboxylic acids is 2. The minimum absolute atomic E-state index is 0.143. The molecule has 0 saturated carbocycles. The summed E-state index contributed by atoms with van der Waals surface area (Å²) in [5, 5.41) is 0. The van der Waals surface area contributed by atoms with E-state index < -0.39 is 0 Å². The van der Waals surface area contributed by atoms with Gasteiger partial charge in [0.05, 0.1) is 0 Å². The molecule has 1 aliphatic rings. The van der Waals surface area contributed by atoms with Gasteiger partial charge in [-0.25, -0.2) is 0 Å². The van der Waals surface area contributed by atoms with E-state index in [0.29, 0.717) is 0 Å². The first kappa shape index (κ1) is 18.3. The lowest BCUT2D eigenvalue weighted by Crippen LogP contribution is -2.38. The van der Waals surface area contributed by atoms with Crippen molar-refractivity contribution in [3.63, 3.8) is 0 Å². The maximum atomic E-state index is 12.5. The molecule has 1 aliphatic heterocycles. The zero-order valence-corrected chi connectivity index (χ0v) is 15.1. The monoisotopic (exact) mass is 350 g/mol. The summed E-state index contributed by atoms with van der Waals surface area (Å²) in [4.78, 5) is 28.0. The fourth-order valence-electron chi connectivity index (χ4n) is 3.58. The zero-order valence-electron chi connectivity index (χ0n) is 15.1. The summed E-state index contributed by atoms with van der Waals surface area (Å²) in [6, 6.07) is 19.4. The fourth-order valence-corrected chi connectivity index (χ4v) is 3.58. The molecule has 2 aromatic rings. The summed E-state index contributed by atoms with van der Waals surface area (Å²) >= 11 is 0. The number of benzene rings is 2. The Balaban J connectivity index is 1.41. The second kappa shape index (κ2) is 9.30. The van der Waals surface area contributed by atoms with Gasteiger partial charge in [0.15, 0.2) is 5.78 Å². The Bertz CT molecular complexity index is 695. The quantitative estimate of drug-likeness (QED) is 0.539. The van der Waals surface area contributed by atoms with Crippen molar-refractivity contribution < 1.29 is 9.59 Å². The average molecular weight is 350 g/mol. The number of hydrogen-bond donors (Lipinski definition) is 0. The van der Waals surface area contributed by atoms with Gasteiger partial charge in [-0.15, -0.1) is 0 Å². The third-order valence-corrected chi connectivity index (χ3v) is 5.11. The van der Waals surface area contributed by atoms with Crippen LogP contribution in [0.3, 0.4) is 0 Å². The summed E-state index contributed by atoms with van der Waals surface area (Å²) < 4.78 is 0. The minimum atomic E-state index is 0.143. The molecule has 1 heterocycles. The van der Waals surface area contributed by atoms with Gasteiger partial charge in [0, 0.05) is 23.7 Å². The van der Waals surface area contributed by atoms with Crippen LogP contribution in [0.4, 0.5) is 5.69 Å². The zero-order chi connectivity index (χ0) is 18.2. The summed E-state index contributed by atoms with van der Waals surface area (Å²) in [5.74, 6) is 0.422. The summed E-state index contributed by atoms with van der Waals surface area (Å²) in [7, 11) is 0. The van der Waals surface area contributed by atoms with Crippen molar-refractivity contribution in [2.75, 3.05) is 31.1 Å². The Hall–Kier alpha value is -2.46. The van der Waals surface area contributed by atoms with Crippen molar-refractivity contribution in [1.82, 2.24) is 4.90 Å². The maximum absolute atomic E-state index is 12.5. The van der Waals surface area contributed by atoms with Crippen molar-refractivity contribution in [1.29, 1.82) is 0 Å². The van der Waals surface area contributed by atoms with Crippen LogP contribution in [0.2, 0.25) is 0 Å². The minimum Gasteiger partial charge on any atom is -0.315 e. The number of rotatable bonds is 8. The van der Waals surface area contributed by atoms with E-state index in [4.69, 9.17) is 0 Å². The fraction of sp³-hybridized carbons (Fsp3) is 0.364. The number of ketones is 1. The standard InChI is InChI=1S/C22H26N2O2/c25-18-24(21-10-5-2-6-11-21)15-7-14-23-16-12-20(13-17-23)22(26)19-8-3-1-4-9-19/h1-6,8-11,18,20H,7,12-17H2. The number of likely N-dealkylation sites (tertiary alicyclic amines) is 1. The molecule has 2 aromatic carbocycles. The highest BCUT2D eigenvalue weighted by atomic mass is 16.1. The summed E-state index contributed by atoms with van der Waals surface area (Å²) in [6.07, 6.45) is 3.68. The van der Waals surface area contributed by atoms with E-state index in [0.717, 1.165) is 63.1 Å². The molecule has 1 amide bonds. The molecule has 4 heteroatoms. The van der Waals surface area contributed by atoms with Crippen LogP contribution in [-0.4, -0.2) is 43.3 Å². The smallest absolute Gasteiger partial charge is 0.214 e. The lowest BCUT2D eigenvalue weighted by molar-refractivity contribution is -0.107. The number of amides is 1. The average Bonchev–Trinajstić information content (AvgIpc) is 2.72. The number of carbonyl (C=O) groups is 2. The van der Waals surface area contributed by atoms with Gasteiger partial charge in [0.2, 0.25) is 6.41 Å². The van der Waals surface area contributed by atoms with Crippen molar-refractivity contribution in [2.24, 2.45) is 5.92 Å². The second-order valence-corrected chi connectivity index (χ2v) is 6.83. The van der Waals surface area contributed by atoms with E-state index in [1.54, 1.807) is 4.90 Å². The van der Waals surface area contributed by atoms with Crippen molar-refractivity contribution in [3.05, 3.63) is 66.2 Å². The highest BCUT2D eigenvalue weighted by molar-refractivity contribution is 5.97. The van der Waals surface area contributed by atoms with Gasteiger partial charge in [-0.1, -0.05) is 48.5 Å². The van der Waals surface area contributed by atoms with Crippen LogP contribution in [0.25, 0.3) is 0 Å². The molecule has 0 aromatic heterocycles. The first-order valence-corrected chi connectivity index (χ1v) is 9.36. The Morgan fingerprint density at radius 1 is 1.00 bits per heavy atom. The first-order chi connectivity index (χ1) is 12.8. The highest BCUT2D eigenvalue weighted by Gasteiger charge is 2.25. The summed E-state index contributed by atoms with van der Waals surface area (Å²) in [5.41, 5.74) is 1.77. The van der Waals surface area contributed by atoms with E-state index in [9.17, 15) is 9.59 Å². The van der Waals surface area contributed by atoms with E-state index in [1.807, 2.05) is 60.7 Å². The molecule has 0 atom stereocenters. The number of Topliss-reactive ketones (excluding diaryl/α,β-unsaturated/α-hetero) is 1. The van der Waals surface area contributed by atoms with E-state index in [2.05, 4.69) is 4.90 Å². The molecule has 4 nitrogen and oxygen atoms in total. The topological polar surface area (TPSA) is 40.6 Å². The van der Waals surface area contributed by atoms with Gasteiger partial charge >= 0.3 is 0 Å². The van der Waals surface area contributed by atoms with Crippen LogP contribution in [0.5, 0.6) is 0 Å². The molecular weight excluding hydrogens is 324 g/mol. The molecule has 3 rings (SSSR count). The Kier molecular flexibility index (Phi) is 6.56. The van der Waals surface area contributed by atoms with E-state index in [1.165, 1.54) is 0 Å². The SMILES string of the molecule is O=CN(CCCN1CCC(C(=O)c2ccccc2)CC1)c1ccccc1. The van der Waals surface area contributed by atoms with Crippen LogP contribution >= 0.6 is 0 Å². The molecule has 26 heavy (non-hydrogen) atoms. The number of piperidine rings is 1. The van der Waals surface area contributed by atoms with Crippen molar-refractivity contribution in [3.8, 4) is 0 Å². The number of nitrogens with zero attached hydrogens (tertiary/aromatic N) is 2. The maximum Gasteiger partial charge on any atom is 0.214 e. The molecule has 0 N–H and O–H groups in total. The van der Waals surface area contributed by atoms with Gasteiger partial charge in [-0.3, -0.25) is 9.59 Å². The normalized spacial score (nSPS) is 15.5. The Morgan fingerprint density at radius 3 is 2.23 bits per heavy atom. The summed E-state index contributed by atoms with van der Waals surface area (Å²) in [6.45, 7) is 3.59. The molecule has 0 spiro atoms. The van der Waals surface area contributed by atoms with E-state index in [-0.39, 0.29) is 11.7 Å². The molecule has 0 bridgehead atoms. The third kappa shape index (κ3) is 4.79. The third-order valence-electron chi connectivity index (χ3n) is 5.11. The van der Waals surface area contributed by atoms with Gasteiger partial charge in [0.25, 0.3) is 0 Å². The molecular formula is C22H26N2O2. The van der Waals surface area contributed by atoms with Gasteiger partial charge in [-0.05, 0) is 51.0 Å². The van der Waals surface area contributed by atoms with Gasteiger partial charge in [-0.2, -0.15) is 0 Å². The predicted molar refractivity (Wildman–Crippen MR) is 104 cm³/mol. The Labute approximate surface area is 155 Å². The van der Waals surface area contributed by atoms with Crippen LogP contribution in [-0.2, 0) is 4.79 Å². The second-order valence-electron chi connectivity index (χ2n) is 6.83. The number of anilines is 1. The molecule has 1 saturated heterocycles. The molecule has 0 aliphatic carbocycles. The predicted octanol–water partition coefficient (Wildman–Crippen LogP) is 3.63. The van der Waals surface area contributed by atoms with Crippen LogP contribution in [0.1, 0.15) is 29.6 Å². The van der Waals surface area contributed by atoms with Crippen molar-refractivity contribution >= 4 is 17.9 Å². The van der Waals surface area contributed by atoms with Gasteiger partial charge < -0.3 is 9.80 Å². The molecule has 0 radical (unpaired) electrons. The van der Waals surface area contributed by atoms with Crippen LogP contribution in [0, 0.1) is 5.92 Å². The molecule has 0 unspecified atom stereocenters. The number of hydrogen-bond acceptors (Lipinski definition) is 3. The largest absolute Gasteiger partial charge is 0.315 e. The number of para-hydroxylation sites is 1. The lowest BCUT2D eigenvalue weighted by Gasteiger charge is -2.31. The molecule has 1 fully saturated rings. The van der Waals surface area contributed by atoms with E-state index >= 15 is 0 Å². The molecule has 136 valence electrons. The van der Waals surface area contributed by atoms with Crippen molar-refractivity contribution in [2.45, 2.75) is 19.3 Å². The lowest BCUT2D eigenvalue weighted by atomic mass is 9.89. The Morgan fingerprint density at radius 2 is 1.62 bits per heavy atom. The van der Waals surface area contributed by atoms with Crippen LogP contribution in [0.15, 0.2) is 60.7 Å². The van der Waals surface area contributed by atoms with Gasteiger partial charge in [0.1, 0.15) is 0 Å². The van der Waals surface area contributed by atoms with Crippen LogP contribution < -0.4 is 4.90 Å². The highest BCUT2D eigenvalue weighted by Crippen LogP contribution is 2.22. The first-order valence-electron chi connectivity index (χ1n) is 9.36.